The summed E-state index contributed by atoms with van der Waals surface area (Å²) < 4.78 is 2.42. The number of aromatic nitrogens is 4. The van der Waals surface area contributed by atoms with Crippen molar-refractivity contribution < 1.29 is 0 Å². The normalized spacial score (nSPS) is 11.5. The molecule has 0 fully saturated rings. The minimum absolute atomic E-state index is 0.643. The van der Waals surface area contributed by atoms with Crippen molar-refractivity contribution in [1.82, 2.24) is 19.5 Å². The number of rotatable bonds is 7. The van der Waals surface area contributed by atoms with Crippen molar-refractivity contribution in [1.29, 1.82) is 0 Å². The molecule has 0 aliphatic heterocycles. The predicted molar refractivity (Wildman–Crippen MR) is 258 cm³/mol. The molecule has 0 aliphatic rings. The Hall–Kier alpha value is -8.41. The Morgan fingerprint density at radius 2 is 0.726 bits per heavy atom. The second-order valence-electron chi connectivity index (χ2n) is 15.6. The van der Waals surface area contributed by atoms with Gasteiger partial charge in [-0.25, -0.2) is 15.0 Å². The Bertz CT molecular complexity index is 3500. The molecular weight excluding hydrogens is 755 g/mol. The first-order chi connectivity index (χ1) is 30.7. The molecule has 0 saturated heterocycles. The Morgan fingerprint density at radius 1 is 0.274 bits per heavy atom. The van der Waals surface area contributed by atoms with Gasteiger partial charge in [-0.15, -0.1) is 0 Å². The van der Waals surface area contributed by atoms with Crippen LogP contribution in [0.3, 0.4) is 0 Å². The topological polar surface area (TPSA) is 46.8 Å². The fourth-order valence-corrected chi connectivity index (χ4v) is 9.14. The summed E-state index contributed by atoms with van der Waals surface area (Å²) in [5.41, 5.74) is 9.63. The molecule has 0 amide bonds. The van der Waals surface area contributed by atoms with E-state index >= 15 is 0 Å². The third kappa shape index (κ3) is 5.98. The summed E-state index contributed by atoms with van der Waals surface area (Å²) in [7, 11) is 0. The van der Waals surface area contributed by atoms with Gasteiger partial charge in [-0.2, -0.15) is 0 Å². The van der Waals surface area contributed by atoms with Gasteiger partial charge in [0.25, 0.3) is 0 Å². The molecule has 10 aromatic carbocycles. The maximum Gasteiger partial charge on any atom is 0.164 e. The van der Waals surface area contributed by atoms with Crippen LogP contribution < -0.4 is 4.90 Å². The number of anilines is 3. The highest BCUT2D eigenvalue weighted by molar-refractivity contribution is 6.26. The lowest BCUT2D eigenvalue weighted by atomic mass is 9.93. The number of para-hydroxylation sites is 3. The smallest absolute Gasteiger partial charge is 0.164 e. The molecule has 290 valence electrons. The summed E-state index contributed by atoms with van der Waals surface area (Å²) >= 11 is 0. The van der Waals surface area contributed by atoms with E-state index in [1.165, 1.54) is 43.2 Å². The van der Waals surface area contributed by atoms with Crippen molar-refractivity contribution in [3.05, 3.63) is 224 Å². The van der Waals surface area contributed by atoms with Crippen LogP contribution in [0.5, 0.6) is 0 Å². The average Bonchev–Trinajstić information content (AvgIpc) is 3.68. The lowest BCUT2D eigenvalue weighted by Crippen LogP contribution is -2.09. The molecule has 0 atom stereocenters. The van der Waals surface area contributed by atoms with Crippen molar-refractivity contribution in [3.8, 4) is 39.9 Å². The number of nitrogens with zero attached hydrogens (tertiary/aromatic N) is 5. The molecule has 12 rings (SSSR count). The second kappa shape index (κ2) is 14.7. The molecule has 5 nitrogen and oxygen atoms in total. The van der Waals surface area contributed by atoms with Gasteiger partial charge in [0.2, 0.25) is 0 Å². The predicted octanol–water partition coefficient (Wildman–Crippen LogP) is 14.9. The van der Waals surface area contributed by atoms with Crippen LogP contribution >= 0.6 is 0 Å². The largest absolute Gasteiger partial charge is 0.310 e. The van der Waals surface area contributed by atoms with E-state index in [1.54, 1.807) is 0 Å². The van der Waals surface area contributed by atoms with Gasteiger partial charge in [-0.3, -0.25) is 0 Å². The first-order valence-electron chi connectivity index (χ1n) is 20.9. The molecule has 5 heteroatoms. The van der Waals surface area contributed by atoms with Crippen molar-refractivity contribution in [2.45, 2.75) is 0 Å². The number of benzene rings is 10. The quantitative estimate of drug-likeness (QED) is 0.151. The molecule has 0 aliphatic carbocycles. The molecule has 0 saturated carbocycles. The van der Waals surface area contributed by atoms with E-state index in [0.29, 0.717) is 17.5 Å². The van der Waals surface area contributed by atoms with E-state index < -0.39 is 0 Å². The van der Waals surface area contributed by atoms with Gasteiger partial charge < -0.3 is 9.47 Å². The lowest BCUT2D eigenvalue weighted by molar-refractivity contribution is 1.07. The Morgan fingerprint density at radius 3 is 1.32 bits per heavy atom. The first kappa shape index (κ1) is 35.5. The Labute approximate surface area is 358 Å². The van der Waals surface area contributed by atoms with Gasteiger partial charge in [0.05, 0.1) is 11.0 Å². The SMILES string of the molecule is c1ccc(-c2nc(-c3ccccc3)nc(-c3ccc4c5ccc(-n6c7ccccc7c7cc(N(c8ccccc8)c8ccccc8)ccc76)cc5c5ccccc5c4c3)n2)cc1. The second-order valence-corrected chi connectivity index (χ2v) is 15.6. The van der Waals surface area contributed by atoms with Crippen LogP contribution in [0, 0.1) is 0 Å². The number of fused-ring (bicyclic) bond motifs is 9. The van der Waals surface area contributed by atoms with E-state index in [1.807, 2.05) is 60.7 Å². The zero-order valence-corrected chi connectivity index (χ0v) is 33.6. The van der Waals surface area contributed by atoms with Crippen LogP contribution in [0.1, 0.15) is 0 Å². The van der Waals surface area contributed by atoms with E-state index in [0.717, 1.165) is 50.3 Å². The molecule has 62 heavy (non-hydrogen) atoms. The fraction of sp³-hybridized carbons (Fsp3) is 0. The molecule has 0 spiro atoms. The van der Waals surface area contributed by atoms with Crippen LogP contribution in [0.2, 0.25) is 0 Å². The monoisotopic (exact) mass is 791 g/mol. The van der Waals surface area contributed by atoms with Crippen LogP contribution in [-0.2, 0) is 0 Å². The Balaban J connectivity index is 1.02. The lowest BCUT2D eigenvalue weighted by Gasteiger charge is -2.25. The molecule has 0 bridgehead atoms. The van der Waals surface area contributed by atoms with Crippen molar-refractivity contribution in [2.75, 3.05) is 4.90 Å². The highest BCUT2D eigenvalue weighted by Crippen LogP contribution is 2.42. The standard InChI is InChI=1S/C57H37N5/c1-5-17-38(18-6-1)55-58-56(39-19-7-2-8-20-39)60-57(59-55)40-29-32-47-48-33-30-44(36-51(48)46-26-14-13-25-45(46)50(47)35-40)62-53-28-16-15-27-49(53)52-37-43(31-34-54(52)62)61(41-21-9-3-10-22-41)42-23-11-4-12-24-42/h1-37H. The molecule has 0 N–H and O–H groups in total. The summed E-state index contributed by atoms with van der Waals surface area (Å²) in [6, 6.07) is 79.4. The first-order valence-corrected chi connectivity index (χ1v) is 20.9. The van der Waals surface area contributed by atoms with Crippen LogP contribution in [0.25, 0.3) is 94.0 Å². The summed E-state index contributed by atoms with van der Waals surface area (Å²) in [6.45, 7) is 0. The summed E-state index contributed by atoms with van der Waals surface area (Å²) in [5.74, 6) is 1.94. The van der Waals surface area contributed by atoms with Crippen LogP contribution in [-0.4, -0.2) is 19.5 Å². The van der Waals surface area contributed by atoms with Gasteiger partial charge in [0.15, 0.2) is 17.5 Å². The summed E-state index contributed by atoms with van der Waals surface area (Å²) in [5, 5.41) is 9.55. The minimum Gasteiger partial charge on any atom is -0.310 e. The van der Waals surface area contributed by atoms with Gasteiger partial charge >= 0.3 is 0 Å². The maximum absolute atomic E-state index is 5.06. The zero-order valence-electron chi connectivity index (χ0n) is 33.6. The maximum atomic E-state index is 5.06. The number of hydrogen-bond acceptors (Lipinski definition) is 4. The minimum atomic E-state index is 0.643. The van der Waals surface area contributed by atoms with Crippen molar-refractivity contribution in [3.63, 3.8) is 0 Å². The van der Waals surface area contributed by atoms with E-state index in [2.05, 4.69) is 173 Å². The third-order valence-electron chi connectivity index (χ3n) is 12.0. The summed E-state index contributed by atoms with van der Waals surface area (Å²) in [6.07, 6.45) is 0. The Kier molecular flexibility index (Phi) is 8.42. The molecule has 12 aromatic rings. The van der Waals surface area contributed by atoms with E-state index in [-0.39, 0.29) is 0 Å². The van der Waals surface area contributed by atoms with Gasteiger partial charge in [-0.05, 0) is 99.0 Å². The zero-order chi connectivity index (χ0) is 41.0. The summed E-state index contributed by atoms with van der Waals surface area (Å²) in [4.78, 5) is 17.4. The molecule has 2 heterocycles. The molecule has 2 aromatic heterocycles. The van der Waals surface area contributed by atoms with Crippen molar-refractivity contribution in [2.24, 2.45) is 0 Å². The molecule has 0 unspecified atom stereocenters. The highest BCUT2D eigenvalue weighted by atomic mass is 15.1. The van der Waals surface area contributed by atoms with E-state index in [4.69, 9.17) is 15.0 Å². The van der Waals surface area contributed by atoms with Crippen LogP contribution in [0.15, 0.2) is 224 Å². The molecular formula is C57H37N5. The van der Waals surface area contributed by atoms with Crippen LogP contribution in [0.4, 0.5) is 17.1 Å². The highest BCUT2D eigenvalue weighted by Gasteiger charge is 2.19. The number of hydrogen-bond donors (Lipinski definition) is 0. The van der Waals surface area contributed by atoms with Gasteiger partial charge in [-0.1, -0.05) is 158 Å². The average molecular weight is 792 g/mol. The van der Waals surface area contributed by atoms with E-state index in [9.17, 15) is 0 Å². The van der Waals surface area contributed by atoms with Crippen molar-refractivity contribution >= 4 is 71.2 Å². The molecule has 0 radical (unpaired) electrons. The fourth-order valence-electron chi connectivity index (χ4n) is 9.14. The van der Waals surface area contributed by atoms with Gasteiger partial charge in [0, 0.05) is 50.2 Å². The third-order valence-corrected chi connectivity index (χ3v) is 12.0. The van der Waals surface area contributed by atoms with Gasteiger partial charge in [0.1, 0.15) is 0 Å².